The van der Waals surface area contributed by atoms with E-state index in [4.69, 9.17) is 27.9 Å². The van der Waals surface area contributed by atoms with Crippen molar-refractivity contribution >= 4 is 45.4 Å². The van der Waals surface area contributed by atoms with E-state index in [0.717, 1.165) is 5.00 Å². The SMILES string of the molecule is CCNC(=O)c1sc(N2CCOCC2)c(C#N)c1-c1ccc(Cl)cc1Cl. The second-order valence-electron chi connectivity index (χ2n) is 5.68. The van der Waals surface area contributed by atoms with Gasteiger partial charge in [-0.2, -0.15) is 5.26 Å². The quantitative estimate of drug-likeness (QED) is 0.822. The van der Waals surface area contributed by atoms with E-state index in [1.54, 1.807) is 18.2 Å². The lowest BCUT2D eigenvalue weighted by molar-refractivity contribution is 0.0960. The molecule has 2 heterocycles. The number of thiophene rings is 1. The third-order valence-corrected chi connectivity index (χ3v) is 5.84. The van der Waals surface area contributed by atoms with E-state index in [1.165, 1.54) is 11.3 Å². The van der Waals surface area contributed by atoms with Crippen LogP contribution >= 0.6 is 34.5 Å². The summed E-state index contributed by atoms with van der Waals surface area (Å²) in [5.41, 5.74) is 1.65. The molecule has 0 spiro atoms. The number of nitrogens with zero attached hydrogens (tertiary/aromatic N) is 2. The lowest BCUT2D eigenvalue weighted by Gasteiger charge is -2.27. The Bertz CT molecular complexity index is 870. The molecule has 26 heavy (non-hydrogen) atoms. The molecule has 8 heteroatoms. The molecular formula is C18H17Cl2N3O2S. The van der Waals surface area contributed by atoms with Crippen LogP contribution in [0.25, 0.3) is 11.1 Å². The van der Waals surface area contributed by atoms with Crippen LogP contribution in [-0.2, 0) is 4.74 Å². The number of amides is 1. The maximum absolute atomic E-state index is 12.7. The van der Waals surface area contributed by atoms with E-state index in [9.17, 15) is 10.1 Å². The molecule has 1 fully saturated rings. The van der Waals surface area contributed by atoms with Gasteiger partial charge in [0.25, 0.3) is 5.91 Å². The third-order valence-electron chi connectivity index (χ3n) is 4.04. The highest BCUT2D eigenvalue weighted by Gasteiger charge is 2.28. The summed E-state index contributed by atoms with van der Waals surface area (Å²) < 4.78 is 5.40. The van der Waals surface area contributed by atoms with Gasteiger partial charge in [-0.3, -0.25) is 4.79 Å². The van der Waals surface area contributed by atoms with E-state index in [-0.39, 0.29) is 5.91 Å². The second-order valence-corrected chi connectivity index (χ2v) is 7.52. The number of morpholine rings is 1. The van der Waals surface area contributed by atoms with Crippen LogP contribution in [-0.4, -0.2) is 38.8 Å². The summed E-state index contributed by atoms with van der Waals surface area (Å²) in [6.45, 7) is 4.90. The molecule has 0 radical (unpaired) electrons. The maximum Gasteiger partial charge on any atom is 0.262 e. The highest BCUT2D eigenvalue weighted by atomic mass is 35.5. The molecule has 3 rings (SSSR count). The number of rotatable bonds is 4. The molecule has 0 saturated carbocycles. The van der Waals surface area contributed by atoms with Gasteiger partial charge in [0.1, 0.15) is 15.9 Å². The van der Waals surface area contributed by atoms with Crippen molar-refractivity contribution in [2.75, 3.05) is 37.7 Å². The normalized spacial score (nSPS) is 14.2. The van der Waals surface area contributed by atoms with Crippen LogP contribution in [0, 0.1) is 11.3 Å². The smallest absolute Gasteiger partial charge is 0.262 e. The molecule has 1 aliphatic rings. The van der Waals surface area contributed by atoms with Crippen molar-refractivity contribution in [3.63, 3.8) is 0 Å². The van der Waals surface area contributed by atoms with Crippen LogP contribution in [0.3, 0.4) is 0 Å². The maximum atomic E-state index is 12.7. The van der Waals surface area contributed by atoms with Crippen molar-refractivity contribution in [2.24, 2.45) is 0 Å². The van der Waals surface area contributed by atoms with Crippen molar-refractivity contribution in [3.8, 4) is 17.2 Å². The number of anilines is 1. The second kappa shape index (κ2) is 8.28. The molecular weight excluding hydrogens is 393 g/mol. The van der Waals surface area contributed by atoms with E-state index < -0.39 is 0 Å². The standard InChI is InChI=1S/C18H17Cl2N3O2S/c1-2-22-17(24)16-15(12-4-3-11(19)9-14(12)20)13(10-21)18(26-16)23-5-7-25-8-6-23/h3-4,9H,2,5-8H2,1H3,(H,22,24). The fourth-order valence-electron chi connectivity index (χ4n) is 2.86. The zero-order chi connectivity index (χ0) is 18.7. The fourth-order valence-corrected chi connectivity index (χ4v) is 4.60. The summed E-state index contributed by atoms with van der Waals surface area (Å²) >= 11 is 13.7. The number of carbonyl (C=O) groups excluding carboxylic acids is 1. The molecule has 1 aliphatic heterocycles. The van der Waals surface area contributed by atoms with E-state index >= 15 is 0 Å². The molecule has 1 amide bonds. The lowest BCUT2D eigenvalue weighted by atomic mass is 10.0. The highest BCUT2D eigenvalue weighted by molar-refractivity contribution is 7.19. The zero-order valence-electron chi connectivity index (χ0n) is 14.1. The minimum absolute atomic E-state index is 0.213. The van der Waals surface area contributed by atoms with Gasteiger partial charge in [0.05, 0.1) is 18.8 Å². The number of benzene rings is 1. The summed E-state index contributed by atoms with van der Waals surface area (Å²) in [6, 6.07) is 7.35. The summed E-state index contributed by atoms with van der Waals surface area (Å²) in [5.74, 6) is -0.213. The Morgan fingerprint density at radius 1 is 1.38 bits per heavy atom. The number of hydrogen-bond acceptors (Lipinski definition) is 5. The summed E-state index contributed by atoms with van der Waals surface area (Å²) in [7, 11) is 0. The molecule has 0 atom stereocenters. The van der Waals surface area contributed by atoms with Gasteiger partial charge >= 0.3 is 0 Å². The zero-order valence-corrected chi connectivity index (χ0v) is 16.5. The van der Waals surface area contributed by atoms with Crippen molar-refractivity contribution in [1.82, 2.24) is 5.32 Å². The minimum atomic E-state index is -0.213. The van der Waals surface area contributed by atoms with Gasteiger partial charge in [-0.25, -0.2) is 0 Å². The molecule has 1 N–H and O–H groups in total. The molecule has 2 aromatic rings. The first-order valence-corrected chi connectivity index (χ1v) is 9.77. The largest absolute Gasteiger partial charge is 0.378 e. The van der Waals surface area contributed by atoms with Gasteiger partial charge in [0.15, 0.2) is 0 Å². The lowest BCUT2D eigenvalue weighted by Crippen LogP contribution is -2.36. The van der Waals surface area contributed by atoms with Crippen LogP contribution in [0.5, 0.6) is 0 Å². The predicted molar refractivity (Wildman–Crippen MR) is 106 cm³/mol. The summed E-state index contributed by atoms with van der Waals surface area (Å²) in [4.78, 5) is 15.2. The summed E-state index contributed by atoms with van der Waals surface area (Å²) in [6.07, 6.45) is 0. The number of carbonyl (C=O) groups is 1. The first-order valence-electron chi connectivity index (χ1n) is 8.20. The predicted octanol–water partition coefficient (Wildman–Crippen LogP) is 4.18. The van der Waals surface area contributed by atoms with Crippen LogP contribution in [0.15, 0.2) is 18.2 Å². The molecule has 0 unspecified atom stereocenters. The first-order chi connectivity index (χ1) is 12.6. The Labute approximate surface area is 166 Å². The molecule has 1 saturated heterocycles. The Balaban J connectivity index is 2.20. The summed E-state index contributed by atoms with van der Waals surface area (Å²) in [5, 5.41) is 14.4. The van der Waals surface area contributed by atoms with Gasteiger partial charge in [0.2, 0.25) is 0 Å². The van der Waals surface area contributed by atoms with Gasteiger partial charge in [-0.15, -0.1) is 11.3 Å². The Hall–Kier alpha value is -1.78. The van der Waals surface area contributed by atoms with Crippen LogP contribution in [0.1, 0.15) is 22.2 Å². The molecule has 1 aromatic heterocycles. The van der Waals surface area contributed by atoms with Gasteiger partial charge < -0.3 is 15.0 Å². The first kappa shape index (κ1) is 19.0. The number of halogens is 2. The van der Waals surface area contributed by atoms with Gasteiger partial charge in [-0.1, -0.05) is 29.3 Å². The molecule has 0 aliphatic carbocycles. The molecule has 5 nitrogen and oxygen atoms in total. The number of ether oxygens (including phenoxy) is 1. The van der Waals surface area contributed by atoms with Crippen molar-refractivity contribution in [2.45, 2.75) is 6.92 Å². The number of nitrogens with one attached hydrogen (secondary N) is 1. The Kier molecular flexibility index (Phi) is 6.05. The van der Waals surface area contributed by atoms with E-state index in [0.29, 0.717) is 64.5 Å². The van der Waals surface area contributed by atoms with Crippen molar-refractivity contribution in [3.05, 3.63) is 38.7 Å². The van der Waals surface area contributed by atoms with E-state index in [1.807, 2.05) is 6.92 Å². The number of hydrogen-bond donors (Lipinski definition) is 1. The highest BCUT2D eigenvalue weighted by Crippen LogP contribution is 2.44. The Morgan fingerprint density at radius 3 is 2.73 bits per heavy atom. The minimum Gasteiger partial charge on any atom is -0.378 e. The number of nitriles is 1. The average Bonchev–Trinajstić information content (AvgIpc) is 3.02. The monoisotopic (exact) mass is 409 g/mol. The molecule has 0 bridgehead atoms. The van der Waals surface area contributed by atoms with Crippen LogP contribution in [0.2, 0.25) is 10.0 Å². The van der Waals surface area contributed by atoms with Crippen LogP contribution in [0.4, 0.5) is 5.00 Å². The fraction of sp³-hybridized carbons (Fsp3) is 0.333. The van der Waals surface area contributed by atoms with Crippen molar-refractivity contribution < 1.29 is 9.53 Å². The van der Waals surface area contributed by atoms with Gasteiger partial charge in [0, 0.05) is 40.8 Å². The molecule has 136 valence electrons. The topological polar surface area (TPSA) is 65.4 Å². The van der Waals surface area contributed by atoms with Crippen LogP contribution < -0.4 is 10.2 Å². The molecule has 1 aromatic carbocycles. The van der Waals surface area contributed by atoms with Gasteiger partial charge in [-0.05, 0) is 19.1 Å². The average molecular weight is 410 g/mol. The van der Waals surface area contributed by atoms with Crippen molar-refractivity contribution in [1.29, 1.82) is 5.26 Å². The van der Waals surface area contributed by atoms with E-state index in [2.05, 4.69) is 16.3 Å². The Morgan fingerprint density at radius 2 is 2.12 bits per heavy atom. The third kappa shape index (κ3) is 3.67.